The number of amides is 1. The van der Waals surface area contributed by atoms with Crippen molar-refractivity contribution in [3.8, 4) is 0 Å². The largest absolute Gasteiger partial charge is 0.407 e. The maximum absolute atomic E-state index is 13.3. The molecule has 0 bridgehead atoms. The number of nitrogens with zero attached hydrogens (tertiary/aromatic N) is 2. The molecule has 1 saturated heterocycles. The van der Waals surface area contributed by atoms with Crippen molar-refractivity contribution >= 4 is 35.1 Å². The Morgan fingerprint density at radius 1 is 1.07 bits per heavy atom. The van der Waals surface area contributed by atoms with Crippen LogP contribution in [0, 0.1) is 16.2 Å². The molecule has 214 valence electrons. The highest BCUT2D eigenvalue weighted by atomic mass is 19.3. The third-order valence-electron chi connectivity index (χ3n) is 6.85. The van der Waals surface area contributed by atoms with Crippen molar-refractivity contribution in [1.29, 1.82) is 16.2 Å². The second-order valence-corrected chi connectivity index (χ2v) is 9.82. The van der Waals surface area contributed by atoms with Crippen LogP contribution < -0.4 is 16.0 Å². The molecule has 5 rings (SSSR count). The molecule has 3 aliphatic rings. The molecule has 6 N–H and O–H groups in total. The molecule has 0 aromatic heterocycles. The van der Waals surface area contributed by atoms with Crippen molar-refractivity contribution in [3.05, 3.63) is 77.5 Å². The number of alkyl halides is 2. The number of nitrogens with one attached hydrogen (secondary N) is 6. The van der Waals surface area contributed by atoms with Crippen LogP contribution in [-0.2, 0) is 14.3 Å². The van der Waals surface area contributed by atoms with Gasteiger partial charge in [0.15, 0.2) is 0 Å². The highest BCUT2D eigenvalue weighted by Gasteiger charge is 2.45. The monoisotopic (exact) mass is 564 g/mol. The average Bonchev–Trinajstić information content (AvgIpc) is 3.08. The lowest BCUT2D eigenvalue weighted by molar-refractivity contribution is -0.117. The van der Waals surface area contributed by atoms with Crippen LogP contribution in [0.5, 0.6) is 0 Å². The molecular formula is C28H30F2N8O3. The van der Waals surface area contributed by atoms with Gasteiger partial charge >= 0.3 is 0 Å². The third kappa shape index (κ3) is 6.57. The van der Waals surface area contributed by atoms with Crippen LogP contribution in [-0.4, -0.2) is 78.7 Å². The number of amidine groups is 2. The third-order valence-corrected chi connectivity index (χ3v) is 6.85. The smallest absolute Gasteiger partial charge is 0.290 e. The Morgan fingerprint density at radius 3 is 2.46 bits per heavy atom. The summed E-state index contributed by atoms with van der Waals surface area (Å²) in [4.78, 5) is 19.3. The van der Waals surface area contributed by atoms with E-state index in [9.17, 15) is 13.6 Å². The topological polar surface area (TPSA) is 159 Å². The summed E-state index contributed by atoms with van der Waals surface area (Å²) in [6, 6.07) is 15.4. The molecule has 1 atom stereocenters. The van der Waals surface area contributed by atoms with Gasteiger partial charge in [0.2, 0.25) is 12.1 Å². The number of anilines is 1. The van der Waals surface area contributed by atoms with Crippen LogP contribution in [0.3, 0.4) is 0 Å². The number of carbonyl (C=O) groups excluding carboxylic acids is 1. The first-order valence-electron chi connectivity index (χ1n) is 13.1. The van der Waals surface area contributed by atoms with Gasteiger partial charge in [-0.1, -0.05) is 48.5 Å². The maximum atomic E-state index is 13.3. The Hall–Kier alpha value is -4.65. The van der Waals surface area contributed by atoms with Crippen LogP contribution in [0.15, 0.2) is 71.4 Å². The molecule has 41 heavy (non-hydrogen) atoms. The van der Waals surface area contributed by atoms with E-state index < -0.39 is 36.0 Å². The van der Waals surface area contributed by atoms with Gasteiger partial charge in [0.05, 0.1) is 30.2 Å². The molecule has 2 heterocycles. The fraction of sp³-hybridized carbons (Fsp3) is 0.321. The summed E-state index contributed by atoms with van der Waals surface area (Å²) in [5.74, 6) is -3.91. The first kappa shape index (κ1) is 27.9. The van der Waals surface area contributed by atoms with Gasteiger partial charge in [0.25, 0.3) is 17.9 Å². The van der Waals surface area contributed by atoms with E-state index in [1.54, 1.807) is 17.0 Å². The Morgan fingerprint density at radius 2 is 1.76 bits per heavy atom. The minimum atomic E-state index is -2.74. The number of carbonyl (C=O) groups is 1. The average molecular weight is 565 g/mol. The summed E-state index contributed by atoms with van der Waals surface area (Å²) in [7, 11) is 0. The lowest BCUT2D eigenvalue weighted by Gasteiger charge is -2.35. The molecule has 2 aromatic rings. The molecule has 2 aromatic carbocycles. The van der Waals surface area contributed by atoms with Gasteiger partial charge in [-0.05, 0) is 6.07 Å². The van der Waals surface area contributed by atoms with Gasteiger partial charge in [0, 0.05) is 49.3 Å². The predicted octanol–water partition coefficient (Wildman–Crippen LogP) is 2.90. The van der Waals surface area contributed by atoms with Crippen LogP contribution in [0.4, 0.5) is 14.5 Å². The Balaban J connectivity index is 1.33. The molecule has 1 amide bonds. The Bertz CT molecular complexity index is 1400. The highest BCUT2D eigenvalue weighted by molar-refractivity contribution is 6.21. The lowest BCUT2D eigenvalue weighted by atomic mass is 9.88. The Kier molecular flexibility index (Phi) is 8.06. The summed E-state index contributed by atoms with van der Waals surface area (Å²) < 4.78 is 37.4. The first-order valence-corrected chi connectivity index (χ1v) is 13.1. The van der Waals surface area contributed by atoms with E-state index in [0.29, 0.717) is 43.3 Å². The van der Waals surface area contributed by atoms with E-state index in [-0.39, 0.29) is 24.3 Å². The molecule has 1 unspecified atom stereocenters. The molecule has 13 heteroatoms. The number of hydrogen-bond donors (Lipinski definition) is 6. The van der Waals surface area contributed by atoms with E-state index in [1.165, 1.54) is 6.20 Å². The molecule has 11 nitrogen and oxygen atoms in total. The van der Waals surface area contributed by atoms with E-state index in [2.05, 4.69) is 20.9 Å². The summed E-state index contributed by atoms with van der Waals surface area (Å²) in [5.41, 5.74) is 2.52. The van der Waals surface area contributed by atoms with Crippen molar-refractivity contribution in [1.82, 2.24) is 15.5 Å². The molecule has 2 aliphatic heterocycles. The van der Waals surface area contributed by atoms with Gasteiger partial charge in [-0.2, -0.15) is 0 Å². The van der Waals surface area contributed by atoms with Crippen LogP contribution in [0.25, 0.3) is 0 Å². The molecule has 1 aliphatic carbocycles. The van der Waals surface area contributed by atoms with Gasteiger partial charge in [0.1, 0.15) is 5.84 Å². The van der Waals surface area contributed by atoms with Gasteiger partial charge in [-0.3, -0.25) is 21.0 Å². The zero-order valence-electron chi connectivity index (χ0n) is 22.0. The molecular weight excluding hydrogens is 534 g/mol. The number of para-hydroxylation sites is 1. The number of rotatable bonds is 6. The number of halogens is 2. The zero-order chi connectivity index (χ0) is 29.0. The minimum Gasteiger partial charge on any atom is -0.407 e. The fourth-order valence-corrected chi connectivity index (χ4v) is 4.67. The number of benzodiazepines with no additional fused rings is 1. The number of hydrogen-bond acceptors (Lipinski definition) is 8. The lowest BCUT2D eigenvalue weighted by Crippen LogP contribution is -2.48. The number of fused-ring (bicyclic) bond motifs is 1. The normalized spacial score (nSPS) is 20.4. The second kappa shape index (κ2) is 11.8. The van der Waals surface area contributed by atoms with Crippen LogP contribution in [0.1, 0.15) is 24.0 Å². The van der Waals surface area contributed by atoms with Crippen molar-refractivity contribution in [2.24, 2.45) is 4.99 Å². The van der Waals surface area contributed by atoms with Crippen molar-refractivity contribution in [2.45, 2.75) is 31.0 Å². The highest BCUT2D eigenvalue weighted by Crippen LogP contribution is 2.37. The molecule has 0 spiro atoms. The standard InChI is InChI=1S/C28H30F2N8O3/c29-28(30)14-18(15-28)34-16-20(23(31)38-10-12-40-13-11-38)24(32)41-27(33)37-25-26(39)35-21-9-5-4-8-19(21)22(36-25)17-6-2-1-3-7-17/h1-9,16,18,25,31-32,34H,10-15H2,(H2,33,37)(H,35,39)/b20-16+,31-23?,32-24?. The second-order valence-electron chi connectivity index (χ2n) is 9.82. The zero-order valence-corrected chi connectivity index (χ0v) is 22.0. The van der Waals surface area contributed by atoms with E-state index in [4.69, 9.17) is 25.7 Å². The number of ether oxygens (including phenoxy) is 2. The Labute approximate surface area is 235 Å². The molecule has 0 radical (unpaired) electrons. The molecule has 2 fully saturated rings. The number of aliphatic imine (C=N–C) groups is 1. The van der Waals surface area contributed by atoms with Crippen molar-refractivity contribution in [2.75, 3.05) is 31.6 Å². The van der Waals surface area contributed by atoms with Crippen molar-refractivity contribution in [3.63, 3.8) is 0 Å². The SMILES string of the molecule is N=C(NC1N=C(c2ccccc2)c2ccccc2NC1=O)OC(=N)/C(=C/NC1CC(F)(F)C1)C(=N)N1CCOCC1. The predicted molar refractivity (Wildman–Crippen MR) is 150 cm³/mol. The van der Waals surface area contributed by atoms with E-state index in [0.717, 1.165) is 5.56 Å². The first-order chi connectivity index (χ1) is 19.7. The number of morpholine rings is 1. The van der Waals surface area contributed by atoms with Gasteiger partial charge in [-0.15, -0.1) is 0 Å². The quantitative estimate of drug-likeness (QED) is 0.234. The van der Waals surface area contributed by atoms with Gasteiger partial charge < -0.3 is 30.3 Å². The summed E-state index contributed by atoms with van der Waals surface area (Å²) in [6.07, 6.45) is -0.671. The maximum Gasteiger partial charge on any atom is 0.290 e. The minimum absolute atomic E-state index is 0.0279. The fourth-order valence-electron chi connectivity index (χ4n) is 4.67. The van der Waals surface area contributed by atoms with Crippen LogP contribution in [0.2, 0.25) is 0 Å². The number of benzene rings is 2. The van der Waals surface area contributed by atoms with E-state index in [1.807, 2.05) is 42.5 Å². The van der Waals surface area contributed by atoms with E-state index >= 15 is 0 Å². The van der Waals surface area contributed by atoms with Gasteiger partial charge in [-0.25, -0.2) is 13.8 Å². The van der Waals surface area contributed by atoms with Crippen molar-refractivity contribution < 1.29 is 23.0 Å². The summed E-state index contributed by atoms with van der Waals surface area (Å²) >= 11 is 0. The van der Waals surface area contributed by atoms with Crippen LogP contribution >= 0.6 is 0 Å². The summed E-state index contributed by atoms with van der Waals surface area (Å²) in [5, 5.41) is 33.8. The molecule has 1 saturated carbocycles. The summed E-state index contributed by atoms with van der Waals surface area (Å²) in [6.45, 7) is 1.59.